The molecule has 1 aliphatic rings. The molecule has 0 bridgehead atoms. The Morgan fingerprint density at radius 1 is 0.413 bits per heavy atom. The first-order chi connectivity index (χ1) is 22.5. The Labute approximate surface area is 271 Å². The smallest absolute Gasteiger partial charge is 0.124 e. The van der Waals surface area contributed by atoms with Gasteiger partial charge < -0.3 is 25.7 Å². The van der Waals surface area contributed by atoms with E-state index in [1.807, 2.05) is 24.3 Å². The van der Waals surface area contributed by atoms with Crippen LogP contribution in [0.4, 0.5) is 0 Å². The normalized spacial score (nSPS) is 13.0. The summed E-state index contributed by atoms with van der Waals surface area (Å²) in [6.45, 7) is 4.60. The molecule has 0 aromatic heterocycles. The van der Waals surface area contributed by atoms with E-state index in [-0.39, 0.29) is 23.0 Å². The fourth-order valence-corrected chi connectivity index (χ4v) is 4.07. The van der Waals surface area contributed by atoms with Crippen molar-refractivity contribution < 1.29 is 20.4 Å². The van der Waals surface area contributed by atoms with E-state index in [1.54, 1.807) is 97.7 Å². The van der Waals surface area contributed by atoms with E-state index in [0.717, 1.165) is 0 Å². The minimum absolute atomic E-state index is 0.217. The number of phenols is 4. The van der Waals surface area contributed by atoms with Crippen LogP contribution in [0.2, 0.25) is 0 Å². The van der Waals surface area contributed by atoms with Gasteiger partial charge in [-0.2, -0.15) is 0 Å². The Kier molecular flexibility index (Phi) is 16.4. The van der Waals surface area contributed by atoms with Crippen LogP contribution in [0.1, 0.15) is 41.5 Å². The summed E-state index contributed by atoms with van der Waals surface area (Å²) in [5.74, 6) is 0.867. The second-order valence-corrected chi connectivity index (χ2v) is 10.2. The summed E-state index contributed by atoms with van der Waals surface area (Å²) in [5.41, 5.74) is 2.77. The molecule has 0 atom stereocenters. The lowest BCUT2D eigenvalue weighted by atomic mass is 10.2. The highest BCUT2D eigenvalue weighted by atomic mass is 16.3. The first-order valence-corrected chi connectivity index (χ1v) is 15.4. The maximum Gasteiger partial charge on any atom is 0.124 e. The number of para-hydroxylation sites is 4. The molecule has 4 aromatic carbocycles. The predicted octanol–water partition coefficient (Wildman–Crippen LogP) is 6.03. The van der Waals surface area contributed by atoms with Crippen LogP contribution in [0.3, 0.4) is 0 Å². The number of aliphatic imine (C=N–C) groups is 4. The molecule has 0 unspecified atom stereocenters. The molecule has 0 saturated carbocycles. The van der Waals surface area contributed by atoms with Crippen LogP contribution < -0.4 is 5.32 Å². The zero-order valence-corrected chi connectivity index (χ0v) is 26.0. The number of hydrogen-bond donors (Lipinski definition) is 5. The highest BCUT2D eigenvalue weighted by Gasteiger charge is 1.97. The van der Waals surface area contributed by atoms with Crippen molar-refractivity contribution in [1.82, 2.24) is 5.32 Å². The molecular formula is C37H43N5O4. The second-order valence-electron chi connectivity index (χ2n) is 10.2. The SMILES string of the molecule is C1CCNCC1.Oc1ccccc1/C=N/CC/N=C/c1ccccc1O.Oc1ccccc1/C=N/CC/N=C/c1ccccc1O. The number of rotatable bonds is 10. The molecule has 9 nitrogen and oxygen atoms in total. The van der Waals surface area contributed by atoms with Crippen molar-refractivity contribution in [2.75, 3.05) is 39.3 Å². The Morgan fingerprint density at radius 2 is 0.674 bits per heavy atom. The van der Waals surface area contributed by atoms with Gasteiger partial charge in [0.05, 0.1) is 26.2 Å². The molecule has 0 amide bonds. The van der Waals surface area contributed by atoms with Crippen LogP contribution in [0.15, 0.2) is 117 Å². The van der Waals surface area contributed by atoms with Crippen molar-refractivity contribution in [3.05, 3.63) is 119 Å². The van der Waals surface area contributed by atoms with Gasteiger partial charge in [0.25, 0.3) is 0 Å². The minimum Gasteiger partial charge on any atom is -0.507 e. The zero-order chi connectivity index (χ0) is 32.7. The van der Waals surface area contributed by atoms with Crippen molar-refractivity contribution >= 4 is 24.9 Å². The molecule has 4 aromatic rings. The van der Waals surface area contributed by atoms with Gasteiger partial charge in [0.15, 0.2) is 0 Å². The number of hydrogen-bond acceptors (Lipinski definition) is 9. The van der Waals surface area contributed by atoms with Gasteiger partial charge in [0.2, 0.25) is 0 Å². The largest absolute Gasteiger partial charge is 0.507 e. The zero-order valence-electron chi connectivity index (χ0n) is 26.0. The van der Waals surface area contributed by atoms with Crippen molar-refractivity contribution in [1.29, 1.82) is 0 Å². The van der Waals surface area contributed by atoms with Crippen molar-refractivity contribution in [3.63, 3.8) is 0 Å². The van der Waals surface area contributed by atoms with E-state index in [0.29, 0.717) is 48.4 Å². The molecule has 0 aliphatic carbocycles. The first-order valence-electron chi connectivity index (χ1n) is 15.4. The van der Waals surface area contributed by atoms with E-state index in [4.69, 9.17) is 0 Å². The van der Waals surface area contributed by atoms with E-state index < -0.39 is 0 Å². The molecule has 0 spiro atoms. The highest BCUT2D eigenvalue weighted by Crippen LogP contribution is 2.15. The van der Waals surface area contributed by atoms with Gasteiger partial charge in [-0.1, -0.05) is 55.0 Å². The minimum atomic E-state index is 0.217. The first kappa shape index (κ1) is 35.2. The number of aromatic hydroxyl groups is 4. The Balaban J connectivity index is 0.000000212. The summed E-state index contributed by atoms with van der Waals surface area (Å²) in [6, 6.07) is 28.1. The molecule has 1 heterocycles. The molecule has 1 fully saturated rings. The summed E-state index contributed by atoms with van der Waals surface area (Å²) >= 11 is 0. The number of nitrogens with one attached hydrogen (secondary N) is 1. The molecule has 46 heavy (non-hydrogen) atoms. The van der Waals surface area contributed by atoms with Gasteiger partial charge in [-0.05, 0) is 74.5 Å². The predicted molar refractivity (Wildman–Crippen MR) is 189 cm³/mol. The van der Waals surface area contributed by atoms with Gasteiger partial charge >= 0.3 is 0 Å². The van der Waals surface area contributed by atoms with Crippen molar-refractivity contribution in [2.45, 2.75) is 19.3 Å². The molecular weight excluding hydrogens is 578 g/mol. The molecule has 0 radical (unpaired) electrons. The standard InChI is InChI=1S/2C16H16N2O2.C5H11N/c2*19-15-7-3-1-5-13(15)11-17-9-10-18-12-14-6-2-4-8-16(14)20;1-2-4-6-5-3-1/h2*1-8,11-12,19-20H,9-10H2;6H,1-5H2/b2*17-11+,18-12+;. The fraction of sp³-hybridized carbons (Fsp3) is 0.243. The Hall–Kier alpha value is -5.28. The summed E-state index contributed by atoms with van der Waals surface area (Å²) in [7, 11) is 0. The number of nitrogens with zero attached hydrogens (tertiary/aromatic N) is 4. The van der Waals surface area contributed by atoms with Crippen molar-refractivity contribution in [2.24, 2.45) is 20.0 Å². The lowest BCUT2D eigenvalue weighted by molar-refractivity contribution is 0.474. The lowest BCUT2D eigenvalue weighted by Crippen LogP contribution is -2.21. The summed E-state index contributed by atoms with van der Waals surface area (Å²) in [4.78, 5) is 16.8. The molecule has 5 rings (SSSR count). The van der Waals surface area contributed by atoms with Gasteiger partial charge in [-0.15, -0.1) is 0 Å². The van der Waals surface area contributed by atoms with Crippen molar-refractivity contribution in [3.8, 4) is 23.0 Å². The summed E-state index contributed by atoms with van der Waals surface area (Å²) in [6.07, 6.45) is 10.7. The third kappa shape index (κ3) is 14.0. The van der Waals surface area contributed by atoms with Crippen LogP contribution in [-0.4, -0.2) is 84.6 Å². The average Bonchev–Trinajstić information content (AvgIpc) is 3.09. The van der Waals surface area contributed by atoms with Gasteiger partial charge in [0.1, 0.15) is 23.0 Å². The number of phenolic OH excluding ortho intramolecular Hbond substituents is 4. The summed E-state index contributed by atoms with van der Waals surface area (Å²) < 4.78 is 0. The van der Waals surface area contributed by atoms with Crippen LogP contribution >= 0.6 is 0 Å². The quantitative estimate of drug-likeness (QED) is 0.109. The molecule has 240 valence electrons. The lowest BCUT2D eigenvalue weighted by Gasteiger charge is -2.08. The average molecular weight is 622 g/mol. The van der Waals surface area contributed by atoms with Gasteiger partial charge in [-0.25, -0.2) is 0 Å². The third-order valence-corrected chi connectivity index (χ3v) is 6.59. The van der Waals surface area contributed by atoms with Gasteiger partial charge in [0, 0.05) is 47.1 Å². The fourth-order valence-electron chi connectivity index (χ4n) is 4.07. The van der Waals surface area contributed by atoms with E-state index >= 15 is 0 Å². The number of benzene rings is 4. The second kappa shape index (κ2) is 21.4. The maximum absolute atomic E-state index is 9.54. The summed E-state index contributed by atoms with van der Waals surface area (Å²) in [5, 5.41) is 41.5. The van der Waals surface area contributed by atoms with E-state index in [1.165, 1.54) is 32.4 Å². The maximum atomic E-state index is 9.54. The Morgan fingerprint density at radius 3 is 0.870 bits per heavy atom. The van der Waals surface area contributed by atoms with Crippen LogP contribution in [0, 0.1) is 0 Å². The molecule has 9 heteroatoms. The van der Waals surface area contributed by atoms with Crippen LogP contribution in [-0.2, 0) is 0 Å². The Bertz CT molecular complexity index is 1330. The van der Waals surface area contributed by atoms with E-state index in [2.05, 4.69) is 25.3 Å². The van der Waals surface area contributed by atoms with Crippen LogP contribution in [0.5, 0.6) is 23.0 Å². The molecule has 1 aliphatic heterocycles. The van der Waals surface area contributed by atoms with Crippen LogP contribution in [0.25, 0.3) is 0 Å². The number of piperidine rings is 1. The van der Waals surface area contributed by atoms with E-state index in [9.17, 15) is 20.4 Å². The topological polar surface area (TPSA) is 142 Å². The molecule has 1 saturated heterocycles. The monoisotopic (exact) mass is 621 g/mol. The highest BCUT2D eigenvalue weighted by molar-refractivity contribution is 5.85. The van der Waals surface area contributed by atoms with Gasteiger partial charge in [-0.3, -0.25) is 20.0 Å². The third-order valence-electron chi connectivity index (χ3n) is 6.59. The molecule has 5 N–H and O–H groups in total.